The van der Waals surface area contributed by atoms with Crippen molar-refractivity contribution < 1.29 is 19.1 Å². The van der Waals surface area contributed by atoms with E-state index in [2.05, 4.69) is 10.6 Å². The van der Waals surface area contributed by atoms with Gasteiger partial charge in [0.15, 0.2) is 0 Å². The van der Waals surface area contributed by atoms with E-state index in [1.54, 1.807) is 20.8 Å². The van der Waals surface area contributed by atoms with Crippen LogP contribution >= 0.6 is 0 Å². The predicted molar refractivity (Wildman–Crippen MR) is 114 cm³/mol. The summed E-state index contributed by atoms with van der Waals surface area (Å²) < 4.78 is 11.1. The first-order valence-electron chi connectivity index (χ1n) is 10.7. The number of ether oxygens (including phenoxy) is 2. The maximum absolute atomic E-state index is 12.9. The molecule has 6 nitrogen and oxygen atoms in total. The minimum Gasteiger partial charge on any atom is -0.444 e. The van der Waals surface area contributed by atoms with E-state index >= 15 is 0 Å². The standard InChI is InChI=1S/C23H36N2O4/c1-23(2,3)29-22(27)25-20(17-28-16-18-12-8-7-9-13-18)21(26)24-19-14-10-5-4-6-11-15-19/h7-9,12-13,19-20H,4-6,10-11,14-17H2,1-3H3,(H,24,26)(H,25,27)/t20-/m1/s1. The van der Waals surface area contributed by atoms with E-state index in [0.717, 1.165) is 31.2 Å². The molecule has 1 aromatic carbocycles. The summed E-state index contributed by atoms with van der Waals surface area (Å²) >= 11 is 0. The average molecular weight is 405 g/mol. The van der Waals surface area contributed by atoms with Gasteiger partial charge in [0.25, 0.3) is 0 Å². The first-order valence-corrected chi connectivity index (χ1v) is 10.7. The van der Waals surface area contributed by atoms with Crippen LogP contribution in [0.15, 0.2) is 30.3 Å². The van der Waals surface area contributed by atoms with Crippen molar-refractivity contribution in [3.05, 3.63) is 35.9 Å². The second-order valence-corrected chi connectivity index (χ2v) is 8.75. The number of amides is 2. The number of carbonyl (C=O) groups is 2. The lowest BCUT2D eigenvalue weighted by atomic mass is 9.96. The first kappa shape index (κ1) is 23.2. The third kappa shape index (κ3) is 9.79. The number of nitrogens with one attached hydrogen (secondary N) is 2. The van der Waals surface area contributed by atoms with Crippen LogP contribution < -0.4 is 10.6 Å². The quantitative estimate of drug-likeness (QED) is 0.709. The molecule has 0 radical (unpaired) electrons. The Morgan fingerprint density at radius 3 is 2.28 bits per heavy atom. The lowest BCUT2D eigenvalue weighted by molar-refractivity contribution is -0.125. The molecule has 6 heteroatoms. The number of hydrogen-bond donors (Lipinski definition) is 2. The molecule has 2 rings (SSSR count). The second kappa shape index (κ2) is 11.8. The molecule has 0 aliphatic heterocycles. The van der Waals surface area contributed by atoms with Gasteiger partial charge in [0.05, 0.1) is 13.2 Å². The van der Waals surface area contributed by atoms with Gasteiger partial charge in [-0.15, -0.1) is 0 Å². The summed E-state index contributed by atoms with van der Waals surface area (Å²) in [5, 5.41) is 5.79. The molecule has 1 aliphatic rings. The first-order chi connectivity index (χ1) is 13.8. The van der Waals surface area contributed by atoms with Crippen molar-refractivity contribution in [1.82, 2.24) is 10.6 Å². The maximum Gasteiger partial charge on any atom is 0.408 e. The Kier molecular flexibility index (Phi) is 9.45. The molecular formula is C23H36N2O4. The van der Waals surface area contributed by atoms with Crippen molar-refractivity contribution in [2.24, 2.45) is 0 Å². The summed E-state index contributed by atoms with van der Waals surface area (Å²) in [5.74, 6) is -0.213. The van der Waals surface area contributed by atoms with Gasteiger partial charge in [0.1, 0.15) is 11.6 Å². The van der Waals surface area contributed by atoms with Gasteiger partial charge in [-0.25, -0.2) is 4.79 Å². The van der Waals surface area contributed by atoms with Crippen LogP contribution in [0.2, 0.25) is 0 Å². The summed E-state index contributed by atoms with van der Waals surface area (Å²) in [6, 6.07) is 9.11. The van der Waals surface area contributed by atoms with Crippen LogP contribution in [0.1, 0.15) is 71.3 Å². The molecule has 29 heavy (non-hydrogen) atoms. The van der Waals surface area contributed by atoms with E-state index in [-0.39, 0.29) is 18.6 Å². The summed E-state index contributed by atoms with van der Waals surface area (Å²) in [6.45, 7) is 5.85. The number of carbonyl (C=O) groups excluding carboxylic acids is 2. The van der Waals surface area contributed by atoms with Gasteiger partial charge in [0.2, 0.25) is 5.91 Å². The molecule has 0 bridgehead atoms. The van der Waals surface area contributed by atoms with Crippen molar-refractivity contribution in [3.63, 3.8) is 0 Å². The molecule has 1 saturated carbocycles. The Labute approximate surface area is 174 Å². The Morgan fingerprint density at radius 2 is 1.66 bits per heavy atom. The molecule has 1 aliphatic carbocycles. The van der Waals surface area contributed by atoms with E-state index in [0.29, 0.717) is 6.61 Å². The fourth-order valence-corrected chi connectivity index (χ4v) is 3.40. The number of alkyl carbamates (subject to hydrolysis) is 1. The molecule has 0 heterocycles. The van der Waals surface area contributed by atoms with E-state index in [1.807, 2.05) is 30.3 Å². The zero-order chi connectivity index (χ0) is 21.1. The SMILES string of the molecule is CC(C)(C)OC(=O)N[C@H](COCc1ccccc1)C(=O)NC1CCCCCCC1. The Hall–Kier alpha value is -2.08. The van der Waals surface area contributed by atoms with Crippen molar-refractivity contribution in [1.29, 1.82) is 0 Å². The molecule has 162 valence electrons. The fraction of sp³-hybridized carbons (Fsp3) is 0.652. The van der Waals surface area contributed by atoms with E-state index in [4.69, 9.17) is 9.47 Å². The van der Waals surface area contributed by atoms with Crippen molar-refractivity contribution in [3.8, 4) is 0 Å². The summed E-state index contributed by atoms with van der Waals surface area (Å²) in [6.07, 6.45) is 7.30. The summed E-state index contributed by atoms with van der Waals surface area (Å²) in [7, 11) is 0. The smallest absolute Gasteiger partial charge is 0.408 e. The number of hydrogen-bond acceptors (Lipinski definition) is 4. The monoisotopic (exact) mass is 404 g/mol. The highest BCUT2D eigenvalue weighted by Gasteiger charge is 2.26. The van der Waals surface area contributed by atoms with Crippen LogP contribution in [0.25, 0.3) is 0 Å². The van der Waals surface area contributed by atoms with E-state index in [9.17, 15) is 9.59 Å². The maximum atomic E-state index is 12.9. The molecule has 1 atom stereocenters. The molecule has 1 aromatic rings. The number of rotatable bonds is 7. The minimum atomic E-state index is -0.793. The van der Waals surface area contributed by atoms with Gasteiger partial charge in [-0.3, -0.25) is 4.79 Å². The lowest BCUT2D eigenvalue weighted by Crippen LogP contribution is -2.52. The molecule has 0 unspecified atom stereocenters. The zero-order valence-electron chi connectivity index (χ0n) is 18.0. The Balaban J connectivity index is 1.93. The fourth-order valence-electron chi connectivity index (χ4n) is 3.40. The molecule has 1 fully saturated rings. The van der Waals surface area contributed by atoms with Gasteiger partial charge < -0.3 is 20.1 Å². The van der Waals surface area contributed by atoms with Crippen LogP contribution in [0.4, 0.5) is 4.79 Å². The van der Waals surface area contributed by atoms with Crippen LogP contribution in [0.5, 0.6) is 0 Å². The van der Waals surface area contributed by atoms with Crippen molar-refractivity contribution >= 4 is 12.0 Å². The second-order valence-electron chi connectivity index (χ2n) is 8.75. The van der Waals surface area contributed by atoms with Gasteiger partial charge in [-0.1, -0.05) is 62.4 Å². The predicted octanol–water partition coefficient (Wildman–Crippen LogP) is 4.33. The molecule has 2 N–H and O–H groups in total. The Bertz CT molecular complexity index is 620. The van der Waals surface area contributed by atoms with Gasteiger partial charge in [-0.05, 0) is 39.2 Å². The third-order valence-corrected chi connectivity index (χ3v) is 4.86. The van der Waals surface area contributed by atoms with E-state index < -0.39 is 17.7 Å². The topological polar surface area (TPSA) is 76.7 Å². The Morgan fingerprint density at radius 1 is 1.03 bits per heavy atom. The normalized spacial score (nSPS) is 16.9. The average Bonchev–Trinajstić information content (AvgIpc) is 2.62. The van der Waals surface area contributed by atoms with Crippen LogP contribution in [0.3, 0.4) is 0 Å². The highest BCUT2D eigenvalue weighted by atomic mass is 16.6. The molecule has 0 spiro atoms. The van der Waals surface area contributed by atoms with Gasteiger partial charge >= 0.3 is 6.09 Å². The van der Waals surface area contributed by atoms with Crippen molar-refractivity contribution in [2.45, 2.75) is 90.0 Å². The molecule has 0 saturated heterocycles. The van der Waals surface area contributed by atoms with Crippen LogP contribution in [0, 0.1) is 0 Å². The summed E-state index contributed by atoms with van der Waals surface area (Å²) in [5.41, 5.74) is 0.388. The molecular weight excluding hydrogens is 368 g/mol. The highest BCUT2D eigenvalue weighted by molar-refractivity contribution is 5.86. The number of benzene rings is 1. The van der Waals surface area contributed by atoms with Gasteiger partial charge in [0, 0.05) is 6.04 Å². The largest absolute Gasteiger partial charge is 0.444 e. The third-order valence-electron chi connectivity index (χ3n) is 4.86. The molecule has 2 amide bonds. The van der Waals surface area contributed by atoms with Gasteiger partial charge in [-0.2, -0.15) is 0 Å². The van der Waals surface area contributed by atoms with Crippen LogP contribution in [-0.4, -0.2) is 36.3 Å². The highest BCUT2D eigenvalue weighted by Crippen LogP contribution is 2.17. The minimum absolute atomic E-state index is 0.0900. The van der Waals surface area contributed by atoms with Crippen molar-refractivity contribution in [2.75, 3.05) is 6.61 Å². The molecule has 0 aromatic heterocycles. The van der Waals surface area contributed by atoms with Crippen LogP contribution in [-0.2, 0) is 20.9 Å². The summed E-state index contributed by atoms with van der Waals surface area (Å²) in [4.78, 5) is 25.1. The lowest BCUT2D eigenvalue weighted by Gasteiger charge is -2.26. The zero-order valence-corrected chi connectivity index (χ0v) is 18.0. The van der Waals surface area contributed by atoms with E-state index in [1.165, 1.54) is 19.3 Å².